The molecule has 5 nitrogen and oxygen atoms in total. The molecule has 0 bridgehead atoms. The molecule has 1 fully saturated rings. The second-order valence-electron chi connectivity index (χ2n) is 7.82. The van der Waals surface area contributed by atoms with E-state index >= 15 is 0 Å². The molecule has 0 radical (unpaired) electrons. The van der Waals surface area contributed by atoms with Crippen LogP contribution in [0.5, 0.6) is 11.8 Å². The molecular formula is C20H23BN2O3. The van der Waals surface area contributed by atoms with Gasteiger partial charge in [-0.15, -0.1) is 0 Å². The fraction of sp³-hybridized carbons (Fsp3) is 0.350. The first-order valence-corrected chi connectivity index (χ1v) is 8.83. The molecule has 6 heteroatoms. The van der Waals surface area contributed by atoms with E-state index in [1.807, 2.05) is 49.4 Å². The van der Waals surface area contributed by atoms with Crippen LogP contribution >= 0.6 is 0 Å². The molecule has 0 aliphatic carbocycles. The van der Waals surface area contributed by atoms with Crippen molar-refractivity contribution in [3.63, 3.8) is 0 Å². The van der Waals surface area contributed by atoms with Gasteiger partial charge in [0.25, 0.3) is 6.01 Å². The third-order valence-electron chi connectivity index (χ3n) is 5.25. The highest BCUT2D eigenvalue weighted by Crippen LogP contribution is 2.36. The van der Waals surface area contributed by atoms with Crippen molar-refractivity contribution in [2.75, 3.05) is 0 Å². The van der Waals surface area contributed by atoms with Crippen molar-refractivity contribution in [3.8, 4) is 11.8 Å². The summed E-state index contributed by atoms with van der Waals surface area (Å²) in [6.45, 7) is 10.2. The van der Waals surface area contributed by atoms with Crippen LogP contribution < -0.4 is 10.2 Å². The molecule has 2 heterocycles. The van der Waals surface area contributed by atoms with Crippen LogP contribution in [0.1, 0.15) is 33.3 Å². The summed E-state index contributed by atoms with van der Waals surface area (Å²) in [6.07, 6.45) is 0. The summed E-state index contributed by atoms with van der Waals surface area (Å²) in [5.41, 5.74) is 3.16. The van der Waals surface area contributed by atoms with Crippen LogP contribution in [-0.2, 0) is 9.31 Å². The summed E-state index contributed by atoms with van der Waals surface area (Å²) >= 11 is 0. The summed E-state index contributed by atoms with van der Waals surface area (Å²) in [7, 11) is -0.394. The summed E-state index contributed by atoms with van der Waals surface area (Å²) in [4.78, 5) is 7.72. The number of aromatic nitrogens is 2. The molecule has 26 heavy (non-hydrogen) atoms. The summed E-state index contributed by atoms with van der Waals surface area (Å²) in [6, 6.07) is 14.3. The SMILES string of the molecule is Cc1ccc(Oc2nc3ccc(B4OC(C)(C)C(C)(C)O4)cc3[nH]2)cc1. The average Bonchev–Trinajstić information content (AvgIpc) is 3.06. The minimum Gasteiger partial charge on any atom is -0.426 e. The van der Waals surface area contributed by atoms with Crippen molar-refractivity contribution in [1.29, 1.82) is 0 Å². The van der Waals surface area contributed by atoms with E-state index in [9.17, 15) is 0 Å². The lowest BCUT2D eigenvalue weighted by molar-refractivity contribution is 0.00578. The van der Waals surface area contributed by atoms with Crippen LogP contribution in [0.4, 0.5) is 0 Å². The first kappa shape index (κ1) is 17.1. The number of nitrogens with zero attached hydrogens (tertiary/aromatic N) is 1. The Balaban J connectivity index is 1.59. The van der Waals surface area contributed by atoms with Crippen LogP contribution in [0, 0.1) is 6.92 Å². The first-order valence-electron chi connectivity index (χ1n) is 8.83. The molecule has 1 N–H and O–H groups in total. The molecule has 0 spiro atoms. The number of H-pyrrole nitrogens is 1. The van der Waals surface area contributed by atoms with Crippen LogP contribution in [0.3, 0.4) is 0 Å². The second kappa shape index (κ2) is 5.86. The molecule has 0 atom stereocenters. The van der Waals surface area contributed by atoms with Crippen molar-refractivity contribution < 1.29 is 14.0 Å². The first-order chi connectivity index (χ1) is 12.2. The van der Waals surface area contributed by atoms with Gasteiger partial charge in [0.05, 0.1) is 22.2 Å². The normalized spacial score (nSPS) is 18.4. The van der Waals surface area contributed by atoms with Gasteiger partial charge in [-0.3, -0.25) is 0 Å². The number of aryl methyl sites for hydroxylation is 1. The molecule has 0 saturated carbocycles. The van der Waals surface area contributed by atoms with Crippen LogP contribution in [0.25, 0.3) is 11.0 Å². The molecule has 0 amide bonds. The Morgan fingerprint density at radius 2 is 1.62 bits per heavy atom. The van der Waals surface area contributed by atoms with Gasteiger partial charge in [0, 0.05) is 0 Å². The average molecular weight is 350 g/mol. The molecule has 3 aromatic rings. The fourth-order valence-electron chi connectivity index (χ4n) is 2.90. The van der Waals surface area contributed by atoms with Crippen molar-refractivity contribution in [3.05, 3.63) is 48.0 Å². The third-order valence-corrected chi connectivity index (χ3v) is 5.25. The molecule has 1 saturated heterocycles. The van der Waals surface area contributed by atoms with Crippen LogP contribution in [-0.4, -0.2) is 28.3 Å². The number of rotatable bonds is 3. The van der Waals surface area contributed by atoms with Gasteiger partial charge in [0.15, 0.2) is 0 Å². The summed E-state index contributed by atoms with van der Waals surface area (Å²) in [5.74, 6) is 0.751. The quantitative estimate of drug-likeness (QED) is 0.727. The predicted octanol–water partition coefficient (Wildman–Crippen LogP) is 3.96. The smallest absolute Gasteiger partial charge is 0.426 e. The van der Waals surface area contributed by atoms with E-state index in [1.54, 1.807) is 0 Å². The van der Waals surface area contributed by atoms with E-state index in [2.05, 4.69) is 37.7 Å². The van der Waals surface area contributed by atoms with Crippen molar-refractivity contribution >= 4 is 23.6 Å². The summed E-state index contributed by atoms with van der Waals surface area (Å²) in [5, 5.41) is 0. The highest BCUT2D eigenvalue weighted by Gasteiger charge is 2.51. The maximum atomic E-state index is 6.12. The van der Waals surface area contributed by atoms with Gasteiger partial charge in [-0.1, -0.05) is 23.8 Å². The Hall–Kier alpha value is -2.31. The number of aromatic amines is 1. The fourth-order valence-corrected chi connectivity index (χ4v) is 2.90. The number of hydrogen-bond acceptors (Lipinski definition) is 4. The maximum Gasteiger partial charge on any atom is 0.494 e. The van der Waals surface area contributed by atoms with E-state index in [0.717, 1.165) is 22.2 Å². The van der Waals surface area contributed by atoms with E-state index in [4.69, 9.17) is 14.0 Å². The van der Waals surface area contributed by atoms with E-state index in [-0.39, 0.29) is 11.2 Å². The standard InChI is InChI=1S/C20H23BN2O3/c1-13-6-9-15(10-7-13)24-18-22-16-11-8-14(12-17(16)23-18)21-25-19(2,3)20(4,5)26-21/h6-12H,1-5H3,(H,22,23). The van der Waals surface area contributed by atoms with Crippen LogP contribution in [0.15, 0.2) is 42.5 Å². The van der Waals surface area contributed by atoms with E-state index < -0.39 is 7.12 Å². The Bertz CT molecular complexity index is 931. The molecule has 4 rings (SSSR count). The van der Waals surface area contributed by atoms with E-state index in [0.29, 0.717) is 6.01 Å². The molecule has 2 aromatic carbocycles. The number of imidazole rings is 1. The zero-order valence-corrected chi connectivity index (χ0v) is 15.8. The lowest BCUT2D eigenvalue weighted by atomic mass is 9.79. The highest BCUT2D eigenvalue weighted by molar-refractivity contribution is 6.62. The predicted molar refractivity (Wildman–Crippen MR) is 103 cm³/mol. The second-order valence-corrected chi connectivity index (χ2v) is 7.82. The molecule has 134 valence electrons. The zero-order valence-electron chi connectivity index (χ0n) is 15.8. The van der Waals surface area contributed by atoms with Crippen LogP contribution in [0.2, 0.25) is 0 Å². The van der Waals surface area contributed by atoms with Gasteiger partial charge in [-0.2, -0.15) is 4.98 Å². The Morgan fingerprint density at radius 3 is 2.27 bits per heavy atom. The van der Waals surface area contributed by atoms with Gasteiger partial charge in [-0.25, -0.2) is 0 Å². The molecular weight excluding hydrogens is 327 g/mol. The number of benzene rings is 2. The van der Waals surface area contributed by atoms with Gasteiger partial charge in [0.1, 0.15) is 5.75 Å². The zero-order chi connectivity index (χ0) is 18.5. The molecule has 1 aliphatic rings. The van der Waals surface area contributed by atoms with Gasteiger partial charge in [0.2, 0.25) is 0 Å². The number of nitrogens with one attached hydrogen (secondary N) is 1. The Morgan fingerprint density at radius 1 is 0.962 bits per heavy atom. The lowest BCUT2D eigenvalue weighted by Gasteiger charge is -2.32. The topological polar surface area (TPSA) is 56.4 Å². The largest absolute Gasteiger partial charge is 0.494 e. The number of hydrogen-bond donors (Lipinski definition) is 1. The molecule has 0 unspecified atom stereocenters. The monoisotopic (exact) mass is 350 g/mol. The number of fused-ring (bicyclic) bond motifs is 1. The van der Waals surface area contributed by atoms with Gasteiger partial charge < -0.3 is 19.0 Å². The Kier molecular flexibility index (Phi) is 3.86. The Labute approximate surface area is 153 Å². The molecule has 1 aliphatic heterocycles. The minimum absolute atomic E-state index is 0.361. The minimum atomic E-state index is -0.394. The maximum absolute atomic E-state index is 6.12. The van der Waals surface area contributed by atoms with Gasteiger partial charge >= 0.3 is 7.12 Å². The highest BCUT2D eigenvalue weighted by atomic mass is 16.7. The third kappa shape index (κ3) is 3.00. The summed E-state index contributed by atoms with van der Waals surface area (Å²) < 4.78 is 18.1. The van der Waals surface area contributed by atoms with Crippen molar-refractivity contribution in [2.45, 2.75) is 45.8 Å². The molecule has 1 aromatic heterocycles. The van der Waals surface area contributed by atoms with E-state index in [1.165, 1.54) is 5.56 Å². The van der Waals surface area contributed by atoms with Crippen molar-refractivity contribution in [1.82, 2.24) is 9.97 Å². The van der Waals surface area contributed by atoms with Gasteiger partial charge in [-0.05, 0) is 64.3 Å². The lowest BCUT2D eigenvalue weighted by Crippen LogP contribution is -2.41. The van der Waals surface area contributed by atoms with Crippen molar-refractivity contribution in [2.24, 2.45) is 0 Å². The number of ether oxygens (including phenoxy) is 1.